The number of methoxy groups -OCH3 is 1. The Balaban J connectivity index is 2.37. The number of halogens is 1. The van der Waals surface area contributed by atoms with Crippen LogP contribution < -0.4 is 15.8 Å². The molecule has 0 atom stereocenters. The highest BCUT2D eigenvalue weighted by Crippen LogP contribution is 2.37. The van der Waals surface area contributed by atoms with Gasteiger partial charge >= 0.3 is 0 Å². The molecule has 0 saturated heterocycles. The number of non-ortho nitro benzene ring substituents is 1. The van der Waals surface area contributed by atoms with E-state index in [0.717, 1.165) is 4.47 Å². The number of nitrogens with zero attached hydrogens (tertiary/aromatic N) is 3. The number of aromatic nitrogens is 2. The first kappa shape index (κ1) is 23.3. The number of nitrogens with two attached hydrogens (primary N) is 1. The SMILES string of the molecule is COc1cc(-c2c(C(N)=O)c(NC(C)(C)C)nn2-c2ccc([N+](=O)[O-])cc2C)ccc1Br. The van der Waals surface area contributed by atoms with Crippen LogP contribution in [0.25, 0.3) is 16.9 Å². The first-order valence-electron chi connectivity index (χ1n) is 9.73. The second kappa shape index (κ2) is 8.62. The van der Waals surface area contributed by atoms with Crippen LogP contribution in [-0.4, -0.2) is 33.3 Å². The number of ether oxygens (including phenoxy) is 1. The molecule has 0 aliphatic carbocycles. The quantitative estimate of drug-likeness (QED) is 0.367. The minimum atomic E-state index is -0.653. The van der Waals surface area contributed by atoms with E-state index in [-0.39, 0.29) is 11.3 Å². The van der Waals surface area contributed by atoms with Gasteiger partial charge in [0.1, 0.15) is 11.3 Å². The number of benzene rings is 2. The minimum absolute atomic E-state index is 0.0339. The summed E-state index contributed by atoms with van der Waals surface area (Å²) in [5.74, 6) is 0.232. The van der Waals surface area contributed by atoms with Crippen molar-refractivity contribution in [3.8, 4) is 22.7 Å². The highest BCUT2D eigenvalue weighted by atomic mass is 79.9. The second-order valence-corrected chi connectivity index (χ2v) is 9.15. The van der Waals surface area contributed by atoms with Gasteiger partial charge in [-0.1, -0.05) is 6.07 Å². The second-order valence-electron chi connectivity index (χ2n) is 8.30. The van der Waals surface area contributed by atoms with Crippen LogP contribution in [0.4, 0.5) is 11.5 Å². The fourth-order valence-corrected chi connectivity index (χ4v) is 3.74. The lowest BCUT2D eigenvalue weighted by Gasteiger charge is -2.20. The Kier molecular flexibility index (Phi) is 6.27. The minimum Gasteiger partial charge on any atom is -0.496 e. The summed E-state index contributed by atoms with van der Waals surface area (Å²) in [4.78, 5) is 23.3. The van der Waals surface area contributed by atoms with Crippen molar-refractivity contribution in [1.29, 1.82) is 0 Å². The van der Waals surface area contributed by atoms with Gasteiger partial charge in [0.05, 0.1) is 27.9 Å². The van der Waals surface area contributed by atoms with Gasteiger partial charge in [0.25, 0.3) is 11.6 Å². The third kappa shape index (κ3) is 4.59. The zero-order valence-electron chi connectivity index (χ0n) is 18.4. The van der Waals surface area contributed by atoms with Crippen LogP contribution in [0.1, 0.15) is 36.7 Å². The van der Waals surface area contributed by atoms with E-state index in [1.54, 1.807) is 36.9 Å². The average molecular weight is 502 g/mol. The van der Waals surface area contributed by atoms with Crippen LogP contribution in [0.3, 0.4) is 0 Å². The standard InChI is InChI=1S/C22H24BrN5O4/c1-12-10-14(28(30)31)7-9-16(12)27-19(13-6-8-15(23)17(11-13)32-5)18(20(24)29)21(26-27)25-22(2,3)4/h6-11H,1-5H3,(H2,24,29)(H,25,26). The average Bonchev–Trinajstić information content (AvgIpc) is 3.05. The van der Waals surface area contributed by atoms with Crippen LogP contribution in [0.5, 0.6) is 5.75 Å². The largest absolute Gasteiger partial charge is 0.496 e. The zero-order valence-corrected chi connectivity index (χ0v) is 20.0. The molecule has 168 valence electrons. The molecule has 0 aliphatic rings. The number of amides is 1. The molecule has 0 radical (unpaired) electrons. The summed E-state index contributed by atoms with van der Waals surface area (Å²) in [6.45, 7) is 7.57. The Morgan fingerprint density at radius 2 is 1.94 bits per heavy atom. The number of nitro benzene ring substituents is 1. The number of hydrogen-bond donors (Lipinski definition) is 2. The number of anilines is 1. The van der Waals surface area contributed by atoms with Crippen molar-refractivity contribution in [2.75, 3.05) is 12.4 Å². The fraction of sp³-hybridized carbons (Fsp3) is 0.273. The van der Waals surface area contributed by atoms with Gasteiger partial charge in [-0.2, -0.15) is 0 Å². The van der Waals surface area contributed by atoms with Gasteiger partial charge in [-0.05, 0) is 67.4 Å². The topological polar surface area (TPSA) is 125 Å². The van der Waals surface area contributed by atoms with Crippen molar-refractivity contribution in [3.05, 3.63) is 62.1 Å². The summed E-state index contributed by atoms with van der Waals surface area (Å²) in [5.41, 5.74) is 7.87. The van der Waals surface area contributed by atoms with Crippen molar-refractivity contribution in [3.63, 3.8) is 0 Å². The molecule has 0 unspecified atom stereocenters. The maximum absolute atomic E-state index is 12.6. The number of carbonyl (C=O) groups excluding carboxylic acids is 1. The molecule has 0 saturated carbocycles. The molecule has 32 heavy (non-hydrogen) atoms. The van der Waals surface area contributed by atoms with Crippen molar-refractivity contribution in [2.24, 2.45) is 5.73 Å². The number of primary amides is 1. The summed E-state index contributed by atoms with van der Waals surface area (Å²) in [6.07, 6.45) is 0. The molecule has 9 nitrogen and oxygen atoms in total. The summed E-state index contributed by atoms with van der Waals surface area (Å²) >= 11 is 3.44. The highest BCUT2D eigenvalue weighted by Gasteiger charge is 2.28. The molecule has 1 heterocycles. The predicted molar refractivity (Wildman–Crippen MR) is 127 cm³/mol. The smallest absolute Gasteiger partial charge is 0.269 e. The van der Waals surface area contributed by atoms with E-state index in [2.05, 4.69) is 26.3 Å². The van der Waals surface area contributed by atoms with Gasteiger partial charge < -0.3 is 15.8 Å². The molecule has 2 aromatic carbocycles. The Labute approximate surface area is 193 Å². The Morgan fingerprint density at radius 3 is 2.47 bits per heavy atom. The van der Waals surface area contributed by atoms with Gasteiger partial charge in [0.15, 0.2) is 5.82 Å². The maximum atomic E-state index is 12.6. The first-order valence-corrected chi connectivity index (χ1v) is 10.5. The van der Waals surface area contributed by atoms with Gasteiger partial charge in [-0.15, -0.1) is 5.10 Å². The van der Waals surface area contributed by atoms with Crippen molar-refractivity contribution < 1.29 is 14.5 Å². The molecule has 3 aromatic rings. The molecule has 3 N–H and O–H groups in total. The molecule has 0 spiro atoms. The molecule has 1 aromatic heterocycles. The number of aryl methyl sites for hydroxylation is 1. The van der Waals surface area contributed by atoms with Gasteiger partial charge in [0, 0.05) is 23.2 Å². The van der Waals surface area contributed by atoms with Crippen LogP contribution >= 0.6 is 15.9 Å². The van der Waals surface area contributed by atoms with E-state index in [4.69, 9.17) is 10.5 Å². The van der Waals surface area contributed by atoms with Crippen molar-refractivity contribution in [2.45, 2.75) is 33.2 Å². The first-order chi connectivity index (χ1) is 14.9. The van der Waals surface area contributed by atoms with E-state index in [9.17, 15) is 14.9 Å². The lowest BCUT2D eigenvalue weighted by Crippen LogP contribution is -2.28. The van der Waals surface area contributed by atoms with Crippen LogP contribution in [0.2, 0.25) is 0 Å². The number of rotatable bonds is 6. The van der Waals surface area contributed by atoms with Gasteiger partial charge in [-0.3, -0.25) is 14.9 Å². The predicted octanol–water partition coefficient (Wildman–Crippen LogP) is 4.84. The molecule has 1 amide bonds. The third-order valence-corrected chi connectivity index (χ3v) is 5.32. The summed E-state index contributed by atoms with van der Waals surface area (Å²) < 4.78 is 7.75. The number of nitrogens with one attached hydrogen (secondary N) is 1. The third-order valence-electron chi connectivity index (χ3n) is 4.67. The number of hydrogen-bond acceptors (Lipinski definition) is 6. The lowest BCUT2D eigenvalue weighted by atomic mass is 10.0. The summed E-state index contributed by atoms with van der Waals surface area (Å²) in [5, 5.41) is 19.1. The van der Waals surface area contributed by atoms with Crippen LogP contribution in [-0.2, 0) is 0 Å². The van der Waals surface area contributed by atoms with E-state index < -0.39 is 16.4 Å². The maximum Gasteiger partial charge on any atom is 0.269 e. The van der Waals surface area contributed by atoms with Gasteiger partial charge in [0.2, 0.25) is 0 Å². The monoisotopic (exact) mass is 501 g/mol. The molecular formula is C22H24BrN5O4. The highest BCUT2D eigenvalue weighted by molar-refractivity contribution is 9.10. The number of nitro groups is 1. The Morgan fingerprint density at radius 1 is 1.25 bits per heavy atom. The zero-order chi connectivity index (χ0) is 23.8. The van der Waals surface area contributed by atoms with Crippen molar-refractivity contribution in [1.82, 2.24) is 9.78 Å². The van der Waals surface area contributed by atoms with Crippen LogP contribution in [0, 0.1) is 17.0 Å². The normalized spacial score (nSPS) is 11.3. The fourth-order valence-electron chi connectivity index (χ4n) is 3.33. The lowest BCUT2D eigenvalue weighted by molar-refractivity contribution is -0.384. The molecule has 0 bridgehead atoms. The van der Waals surface area contributed by atoms with Gasteiger partial charge in [-0.25, -0.2) is 4.68 Å². The molecule has 10 heteroatoms. The van der Waals surface area contributed by atoms with E-state index >= 15 is 0 Å². The van der Waals surface area contributed by atoms with Crippen molar-refractivity contribution >= 4 is 33.3 Å². The molecular weight excluding hydrogens is 478 g/mol. The molecule has 3 rings (SSSR count). The molecule has 0 fully saturated rings. The summed E-state index contributed by atoms with van der Waals surface area (Å²) in [7, 11) is 1.54. The summed E-state index contributed by atoms with van der Waals surface area (Å²) in [6, 6.07) is 9.85. The molecule has 0 aliphatic heterocycles. The van der Waals surface area contributed by atoms with E-state index in [0.29, 0.717) is 34.1 Å². The Bertz CT molecular complexity index is 1210. The number of carbonyl (C=O) groups is 1. The van der Waals surface area contributed by atoms with Crippen LogP contribution in [0.15, 0.2) is 40.9 Å². The van der Waals surface area contributed by atoms with E-state index in [1.807, 2.05) is 26.8 Å². The van der Waals surface area contributed by atoms with E-state index in [1.165, 1.54) is 12.1 Å². The Hall–Kier alpha value is -3.40.